The van der Waals surface area contributed by atoms with Gasteiger partial charge in [-0.05, 0) is 25.3 Å². The average Bonchev–Trinajstić information content (AvgIpc) is 2.96. The number of aliphatic hydroxyl groups excluding tert-OH is 1. The van der Waals surface area contributed by atoms with Crippen LogP contribution < -0.4 is 0 Å². The van der Waals surface area contributed by atoms with Crippen LogP contribution in [0.3, 0.4) is 0 Å². The first-order valence-electron chi connectivity index (χ1n) is 7.93. The maximum atomic E-state index is 12.6. The normalized spacial score (nSPS) is 12.3. The first-order valence-corrected chi connectivity index (χ1v) is 8.81. The van der Waals surface area contributed by atoms with Gasteiger partial charge in [0, 0.05) is 12.1 Å². The van der Waals surface area contributed by atoms with Crippen LogP contribution in [0.1, 0.15) is 48.9 Å². The molecule has 2 aromatic rings. The van der Waals surface area contributed by atoms with E-state index in [9.17, 15) is 9.90 Å². The highest BCUT2D eigenvalue weighted by Gasteiger charge is 2.20. The van der Waals surface area contributed by atoms with E-state index in [0.717, 1.165) is 19.4 Å². The van der Waals surface area contributed by atoms with Crippen molar-refractivity contribution >= 4 is 17.5 Å². The van der Waals surface area contributed by atoms with E-state index in [1.165, 1.54) is 17.3 Å². The Kier molecular flexibility index (Phi) is 6.36. The van der Waals surface area contributed by atoms with E-state index in [1.54, 1.807) is 0 Å². The van der Waals surface area contributed by atoms with Gasteiger partial charge in [-0.2, -0.15) is 0 Å². The van der Waals surface area contributed by atoms with E-state index in [-0.39, 0.29) is 17.6 Å². The molecule has 0 radical (unpaired) electrons. The molecule has 0 bridgehead atoms. The first kappa shape index (κ1) is 17.7. The van der Waals surface area contributed by atoms with Crippen molar-refractivity contribution < 1.29 is 9.90 Å². The van der Waals surface area contributed by atoms with Crippen LogP contribution in [0.2, 0.25) is 0 Å². The Morgan fingerprint density at radius 1 is 1.26 bits per heavy atom. The van der Waals surface area contributed by atoms with Crippen molar-refractivity contribution in [3.8, 4) is 0 Å². The lowest BCUT2D eigenvalue weighted by atomic mass is 10.1. The highest BCUT2D eigenvalue weighted by atomic mass is 32.2. The summed E-state index contributed by atoms with van der Waals surface area (Å²) in [6.07, 6.45) is 1.88. The molecule has 1 aromatic heterocycles. The van der Waals surface area contributed by atoms with Gasteiger partial charge in [0.25, 0.3) is 0 Å². The Hall–Kier alpha value is -1.66. The molecule has 1 unspecified atom stereocenters. The SMILES string of the molecule is CCCn1c(CO)nnc1SC(C)C(=O)c1ccc(CC)cc1. The molecule has 0 aliphatic carbocycles. The van der Waals surface area contributed by atoms with Crippen LogP contribution in [0, 0.1) is 0 Å². The van der Waals surface area contributed by atoms with Crippen molar-refractivity contribution in [2.45, 2.75) is 57.2 Å². The smallest absolute Gasteiger partial charge is 0.191 e. The third-order valence-corrected chi connectivity index (χ3v) is 4.76. The van der Waals surface area contributed by atoms with Gasteiger partial charge in [0.1, 0.15) is 6.61 Å². The molecule has 1 aromatic carbocycles. The molecule has 0 aliphatic rings. The zero-order valence-corrected chi connectivity index (χ0v) is 14.6. The van der Waals surface area contributed by atoms with E-state index in [0.29, 0.717) is 16.5 Å². The number of carbonyl (C=O) groups excluding carboxylic acids is 1. The number of aliphatic hydroxyl groups is 1. The topological polar surface area (TPSA) is 68.0 Å². The summed E-state index contributed by atoms with van der Waals surface area (Å²) in [6, 6.07) is 7.75. The minimum Gasteiger partial charge on any atom is -0.388 e. The fourth-order valence-corrected chi connectivity index (χ4v) is 3.29. The molecule has 23 heavy (non-hydrogen) atoms. The molecular formula is C17H23N3O2S. The molecule has 1 heterocycles. The fourth-order valence-electron chi connectivity index (χ4n) is 2.32. The third-order valence-electron chi connectivity index (χ3n) is 3.68. The number of hydrogen-bond acceptors (Lipinski definition) is 5. The van der Waals surface area contributed by atoms with Gasteiger partial charge >= 0.3 is 0 Å². The molecule has 0 spiro atoms. The third kappa shape index (κ3) is 4.20. The van der Waals surface area contributed by atoms with Crippen molar-refractivity contribution in [2.75, 3.05) is 0 Å². The molecule has 6 heteroatoms. The summed E-state index contributed by atoms with van der Waals surface area (Å²) < 4.78 is 1.88. The monoisotopic (exact) mass is 333 g/mol. The first-order chi connectivity index (χ1) is 11.1. The van der Waals surface area contributed by atoms with Gasteiger partial charge in [0.15, 0.2) is 16.8 Å². The second kappa shape index (κ2) is 8.26. The van der Waals surface area contributed by atoms with Crippen molar-refractivity contribution in [1.29, 1.82) is 0 Å². The van der Waals surface area contributed by atoms with Gasteiger partial charge < -0.3 is 9.67 Å². The maximum Gasteiger partial charge on any atom is 0.191 e. The van der Waals surface area contributed by atoms with Gasteiger partial charge in [0.2, 0.25) is 0 Å². The van der Waals surface area contributed by atoms with Gasteiger partial charge in [-0.1, -0.05) is 49.9 Å². The number of carbonyl (C=O) groups is 1. The second-order valence-electron chi connectivity index (χ2n) is 5.38. The summed E-state index contributed by atoms with van der Waals surface area (Å²) in [5, 5.41) is 17.9. The molecule has 0 aliphatic heterocycles. The molecule has 1 atom stereocenters. The van der Waals surface area contributed by atoms with Crippen LogP contribution >= 0.6 is 11.8 Å². The number of aryl methyl sites for hydroxylation is 1. The van der Waals surface area contributed by atoms with Gasteiger partial charge in [-0.15, -0.1) is 10.2 Å². The Morgan fingerprint density at radius 2 is 1.96 bits per heavy atom. The van der Waals surface area contributed by atoms with Crippen molar-refractivity contribution in [3.63, 3.8) is 0 Å². The lowest BCUT2D eigenvalue weighted by Gasteiger charge is -2.12. The van der Waals surface area contributed by atoms with E-state index in [1.807, 2.05) is 35.8 Å². The fraction of sp³-hybridized carbons (Fsp3) is 0.471. The van der Waals surface area contributed by atoms with Crippen molar-refractivity contribution in [3.05, 3.63) is 41.2 Å². The second-order valence-corrected chi connectivity index (χ2v) is 6.69. The van der Waals surface area contributed by atoms with Gasteiger partial charge in [-0.3, -0.25) is 4.79 Å². The number of rotatable bonds is 8. The molecule has 124 valence electrons. The Labute approximate surface area is 141 Å². The summed E-state index contributed by atoms with van der Waals surface area (Å²) in [4.78, 5) is 12.6. The summed E-state index contributed by atoms with van der Waals surface area (Å²) >= 11 is 1.39. The summed E-state index contributed by atoms with van der Waals surface area (Å²) in [5.41, 5.74) is 1.93. The van der Waals surface area contributed by atoms with Crippen molar-refractivity contribution in [2.24, 2.45) is 0 Å². The van der Waals surface area contributed by atoms with Gasteiger partial charge in [-0.25, -0.2) is 0 Å². The number of hydrogen-bond donors (Lipinski definition) is 1. The van der Waals surface area contributed by atoms with Crippen LogP contribution in [0.4, 0.5) is 0 Å². The number of Topliss-reactive ketones (excluding diaryl/α,β-unsaturated/α-hetero) is 1. The zero-order chi connectivity index (χ0) is 16.8. The van der Waals surface area contributed by atoms with E-state index in [2.05, 4.69) is 24.0 Å². The summed E-state index contributed by atoms with van der Waals surface area (Å²) in [6.45, 7) is 6.62. The Bertz CT molecular complexity index is 652. The lowest BCUT2D eigenvalue weighted by molar-refractivity contribution is 0.0994. The van der Waals surface area contributed by atoms with Crippen LogP contribution in [-0.4, -0.2) is 30.9 Å². The standard InChI is InChI=1S/C17H23N3O2S/c1-4-10-20-15(11-21)18-19-17(20)23-12(3)16(22)14-8-6-13(5-2)7-9-14/h6-9,12,21H,4-5,10-11H2,1-3H3. The molecule has 0 amide bonds. The van der Waals surface area contributed by atoms with E-state index < -0.39 is 0 Å². The maximum absolute atomic E-state index is 12.6. The number of nitrogens with zero attached hydrogens (tertiary/aromatic N) is 3. The minimum atomic E-state index is -0.256. The Balaban J connectivity index is 2.12. The highest BCUT2D eigenvalue weighted by molar-refractivity contribution is 8.00. The molecular weight excluding hydrogens is 310 g/mol. The van der Waals surface area contributed by atoms with Crippen molar-refractivity contribution in [1.82, 2.24) is 14.8 Å². The van der Waals surface area contributed by atoms with E-state index in [4.69, 9.17) is 0 Å². The zero-order valence-electron chi connectivity index (χ0n) is 13.8. The summed E-state index contributed by atoms with van der Waals surface area (Å²) in [7, 11) is 0. The molecule has 2 rings (SSSR count). The molecule has 0 fully saturated rings. The largest absolute Gasteiger partial charge is 0.388 e. The van der Waals surface area contributed by atoms with Crippen LogP contribution in [0.5, 0.6) is 0 Å². The highest BCUT2D eigenvalue weighted by Crippen LogP contribution is 2.25. The number of benzene rings is 1. The Morgan fingerprint density at radius 3 is 2.52 bits per heavy atom. The van der Waals surface area contributed by atoms with Crippen LogP contribution in [0.25, 0.3) is 0 Å². The molecule has 0 saturated carbocycles. The average molecular weight is 333 g/mol. The minimum absolute atomic E-state index is 0.0780. The van der Waals surface area contributed by atoms with Crippen LogP contribution in [0.15, 0.2) is 29.4 Å². The molecule has 5 nitrogen and oxygen atoms in total. The summed E-state index contributed by atoms with van der Waals surface area (Å²) in [5.74, 6) is 0.621. The number of ketones is 1. The quantitative estimate of drug-likeness (QED) is 0.594. The van der Waals surface area contributed by atoms with Gasteiger partial charge in [0.05, 0.1) is 5.25 Å². The molecule has 0 saturated heterocycles. The number of aromatic nitrogens is 3. The predicted octanol–water partition coefficient (Wildman–Crippen LogP) is 3.11. The van der Waals surface area contributed by atoms with E-state index >= 15 is 0 Å². The molecule has 1 N–H and O–H groups in total. The van der Waals surface area contributed by atoms with Crippen LogP contribution in [-0.2, 0) is 19.6 Å². The predicted molar refractivity (Wildman–Crippen MR) is 91.7 cm³/mol. The lowest BCUT2D eigenvalue weighted by Crippen LogP contribution is -2.15. The number of thioether (sulfide) groups is 1.